The monoisotopic (exact) mass is 510 g/mol. The van der Waals surface area contributed by atoms with Crippen molar-refractivity contribution >= 4 is 56.1 Å². The summed E-state index contributed by atoms with van der Waals surface area (Å²) in [5.74, 6) is 0. The Morgan fingerprint density at radius 1 is 0.378 bits per heavy atom. The van der Waals surface area contributed by atoms with Crippen LogP contribution in [0.3, 0.4) is 0 Å². The molecule has 0 N–H and O–H groups in total. The fraction of sp³-hybridized carbons (Fsp3) is 0. The van der Waals surface area contributed by atoms with E-state index in [0.29, 0.717) is 10.1 Å². The first-order valence-corrected chi connectivity index (χ1v) is 12.9. The van der Waals surface area contributed by atoms with E-state index in [4.69, 9.17) is 29.2 Å². The van der Waals surface area contributed by atoms with Gasteiger partial charge in [0.1, 0.15) is 0 Å². The third kappa shape index (κ3) is 4.44. The van der Waals surface area contributed by atoms with Gasteiger partial charge in [-0.05, 0) is 80.4 Å². The minimum Gasteiger partial charge on any atom is -0.433 e. The Hall–Kier alpha value is -4.18. The van der Waals surface area contributed by atoms with E-state index >= 15 is 0 Å². The van der Waals surface area contributed by atoms with Crippen LogP contribution in [0.25, 0.3) is 43.8 Å². The summed E-state index contributed by atoms with van der Waals surface area (Å²) >= 11 is 11.6. The van der Waals surface area contributed by atoms with Crippen molar-refractivity contribution in [3.05, 3.63) is 145 Å². The van der Waals surface area contributed by atoms with Crippen LogP contribution in [0, 0.1) is 0 Å². The molecule has 0 saturated heterocycles. The smallest absolute Gasteiger partial charge is 0.199 e. The third-order valence-electron chi connectivity index (χ3n) is 6.64. The Kier molecular flexibility index (Phi) is 6.32. The van der Waals surface area contributed by atoms with E-state index in [1.807, 2.05) is 48.5 Å². The number of hydrogen-bond acceptors (Lipinski definition) is 3. The van der Waals surface area contributed by atoms with Crippen LogP contribution in [0.4, 0.5) is 0 Å². The molecule has 0 spiro atoms. The Morgan fingerprint density at radius 2 is 0.730 bits per heavy atom. The summed E-state index contributed by atoms with van der Waals surface area (Å²) < 4.78 is 6.19. The summed E-state index contributed by atoms with van der Waals surface area (Å²) in [7, 11) is 0. The van der Waals surface area contributed by atoms with E-state index in [1.54, 1.807) is 0 Å². The second-order valence-electron chi connectivity index (χ2n) is 8.82. The first-order valence-electron chi connectivity index (χ1n) is 12.1. The molecule has 0 amide bonds. The van der Waals surface area contributed by atoms with Crippen molar-refractivity contribution in [3.8, 4) is 22.3 Å². The Bertz CT molecular complexity index is 1640. The normalized spacial score (nSPS) is 10.9. The lowest BCUT2D eigenvalue weighted by molar-refractivity contribution is 0.579. The lowest BCUT2D eigenvalue weighted by Crippen LogP contribution is -2.12. The highest BCUT2D eigenvalue weighted by atomic mass is 32.1. The molecule has 0 aromatic heterocycles. The average Bonchev–Trinajstić information content (AvgIpc) is 2.96. The van der Waals surface area contributed by atoms with Crippen LogP contribution >= 0.6 is 24.4 Å². The maximum absolute atomic E-state index is 6.19. The molecule has 0 atom stereocenters. The number of benzene rings is 6. The van der Waals surface area contributed by atoms with Gasteiger partial charge in [0.2, 0.25) is 0 Å². The van der Waals surface area contributed by atoms with E-state index < -0.39 is 0 Å². The fourth-order valence-electron chi connectivity index (χ4n) is 4.89. The SMILES string of the molecule is S=C(OC(=S)c1ccc(-c2ccccc2)c2ccccc12)c1ccc(-c2ccccc2)c2ccccc12. The lowest BCUT2D eigenvalue weighted by Gasteiger charge is -2.15. The van der Waals surface area contributed by atoms with E-state index in [0.717, 1.165) is 54.9 Å². The number of hydrogen-bond donors (Lipinski definition) is 0. The Labute approximate surface area is 227 Å². The van der Waals surface area contributed by atoms with E-state index in [1.165, 1.54) is 0 Å². The van der Waals surface area contributed by atoms with Crippen molar-refractivity contribution in [2.45, 2.75) is 0 Å². The molecule has 6 aromatic carbocycles. The highest BCUT2D eigenvalue weighted by Crippen LogP contribution is 2.33. The van der Waals surface area contributed by atoms with Crippen molar-refractivity contribution in [2.75, 3.05) is 0 Å². The zero-order chi connectivity index (χ0) is 25.2. The Balaban J connectivity index is 1.36. The van der Waals surface area contributed by atoms with Crippen LogP contribution in [0.2, 0.25) is 0 Å². The molecular formula is C34H22OS2. The predicted octanol–water partition coefficient (Wildman–Crippen LogP) is 9.39. The third-order valence-corrected chi connectivity index (χ3v) is 7.25. The van der Waals surface area contributed by atoms with Crippen LogP contribution in [0.1, 0.15) is 11.1 Å². The van der Waals surface area contributed by atoms with Crippen LogP contribution in [0.15, 0.2) is 133 Å². The zero-order valence-corrected chi connectivity index (χ0v) is 21.6. The van der Waals surface area contributed by atoms with Crippen molar-refractivity contribution in [1.29, 1.82) is 0 Å². The van der Waals surface area contributed by atoms with Gasteiger partial charge in [-0.25, -0.2) is 0 Å². The molecule has 1 nitrogen and oxygen atoms in total. The number of rotatable bonds is 4. The van der Waals surface area contributed by atoms with Crippen molar-refractivity contribution in [2.24, 2.45) is 0 Å². The summed E-state index contributed by atoms with van der Waals surface area (Å²) in [6, 6.07) is 45.6. The molecule has 0 aliphatic rings. The van der Waals surface area contributed by atoms with Gasteiger partial charge >= 0.3 is 0 Å². The number of thiocarbonyl (C=S) groups is 2. The van der Waals surface area contributed by atoms with Gasteiger partial charge < -0.3 is 4.74 Å². The van der Waals surface area contributed by atoms with Crippen LogP contribution in [-0.4, -0.2) is 10.1 Å². The van der Waals surface area contributed by atoms with Gasteiger partial charge in [0.15, 0.2) is 10.1 Å². The zero-order valence-electron chi connectivity index (χ0n) is 19.9. The van der Waals surface area contributed by atoms with Crippen molar-refractivity contribution < 1.29 is 4.74 Å². The molecular weight excluding hydrogens is 489 g/mol. The molecule has 0 fully saturated rings. The van der Waals surface area contributed by atoms with E-state index in [-0.39, 0.29) is 0 Å². The van der Waals surface area contributed by atoms with Gasteiger partial charge in [-0.2, -0.15) is 0 Å². The second kappa shape index (κ2) is 10.1. The maximum Gasteiger partial charge on any atom is 0.199 e. The molecule has 0 aliphatic carbocycles. The van der Waals surface area contributed by atoms with Crippen LogP contribution in [0.5, 0.6) is 0 Å². The lowest BCUT2D eigenvalue weighted by atomic mass is 9.95. The van der Waals surface area contributed by atoms with Crippen molar-refractivity contribution in [3.63, 3.8) is 0 Å². The van der Waals surface area contributed by atoms with Gasteiger partial charge in [0.05, 0.1) is 0 Å². The minimum atomic E-state index is 0.372. The van der Waals surface area contributed by atoms with Gasteiger partial charge in [-0.15, -0.1) is 0 Å². The van der Waals surface area contributed by atoms with Crippen LogP contribution < -0.4 is 0 Å². The molecule has 6 aromatic rings. The first-order chi connectivity index (χ1) is 18.2. The summed E-state index contributed by atoms with van der Waals surface area (Å²) in [6.07, 6.45) is 0. The first kappa shape index (κ1) is 23.2. The number of ether oxygens (including phenoxy) is 1. The minimum absolute atomic E-state index is 0.372. The largest absolute Gasteiger partial charge is 0.433 e. The highest BCUT2D eigenvalue weighted by molar-refractivity contribution is 7.82. The second-order valence-corrected chi connectivity index (χ2v) is 9.56. The van der Waals surface area contributed by atoms with Gasteiger partial charge in [-0.3, -0.25) is 0 Å². The molecule has 0 saturated carbocycles. The highest BCUT2D eigenvalue weighted by Gasteiger charge is 2.17. The van der Waals surface area contributed by atoms with Crippen molar-refractivity contribution in [1.82, 2.24) is 0 Å². The van der Waals surface area contributed by atoms with E-state index in [2.05, 4.69) is 84.9 Å². The van der Waals surface area contributed by atoms with Crippen LogP contribution in [-0.2, 0) is 4.74 Å². The molecule has 37 heavy (non-hydrogen) atoms. The molecule has 0 heterocycles. The molecule has 0 radical (unpaired) electrons. The predicted molar refractivity (Wildman–Crippen MR) is 163 cm³/mol. The molecule has 0 bridgehead atoms. The number of fused-ring (bicyclic) bond motifs is 2. The van der Waals surface area contributed by atoms with Gasteiger partial charge in [0, 0.05) is 11.1 Å². The average molecular weight is 511 g/mol. The standard InChI is InChI=1S/C34H22OS2/c36-33(31-21-19-25(23-11-3-1-4-12-23)27-15-7-9-17-29(27)31)35-34(37)32-22-20-26(24-13-5-2-6-14-24)28-16-8-10-18-30(28)32/h1-22H. The molecule has 3 heteroatoms. The van der Waals surface area contributed by atoms with E-state index in [9.17, 15) is 0 Å². The van der Waals surface area contributed by atoms with Gasteiger partial charge in [0.25, 0.3) is 0 Å². The summed E-state index contributed by atoms with van der Waals surface area (Å²) in [4.78, 5) is 0. The summed E-state index contributed by atoms with van der Waals surface area (Å²) in [6.45, 7) is 0. The topological polar surface area (TPSA) is 9.23 Å². The van der Waals surface area contributed by atoms with Gasteiger partial charge in [-0.1, -0.05) is 121 Å². The fourth-order valence-corrected chi connectivity index (χ4v) is 5.46. The molecule has 6 rings (SSSR count). The summed E-state index contributed by atoms with van der Waals surface area (Å²) in [5, 5.41) is 5.08. The molecule has 0 aliphatic heterocycles. The quantitative estimate of drug-likeness (QED) is 0.219. The molecule has 0 unspecified atom stereocenters. The Morgan fingerprint density at radius 3 is 1.14 bits per heavy atom. The molecule has 176 valence electrons. The maximum atomic E-state index is 6.19. The summed E-state index contributed by atoms with van der Waals surface area (Å²) in [5.41, 5.74) is 6.37.